The molecule has 0 radical (unpaired) electrons. The maximum atomic E-state index is 13.0. The van der Waals surface area contributed by atoms with Crippen LogP contribution in [0.15, 0.2) is 82.6 Å². The van der Waals surface area contributed by atoms with E-state index in [4.69, 9.17) is 5.11 Å². The molecular weight excluding hydrogens is 421 g/mol. The Morgan fingerprint density at radius 3 is 2.07 bits per heavy atom. The zero-order chi connectivity index (χ0) is 21.9. The molecule has 1 N–H and O–H groups in total. The summed E-state index contributed by atoms with van der Waals surface area (Å²) in [6.07, 6.45) is -5.11. The minimum Gasteiger partial charge on any atom is -0.481 e. The molecule has 0 spiro atoms. The van der Waals surface area contributed by atoms with Gasteiger partial charge in [-0.25, -0.2) is 8.42 Å². The van der Waals surface area contributed by atoms with Crippen molar-refractivity contribution in [2.75, 3.05) is 0 Å². The number of carboxylic acid groups (broad SMARTS) is 1. The van der Waals surface area contributed by atoms with Crippen molar-refractivity contribution in [3.05, 3.63) is 78.4 Å². The molecule has 0 aliphatic heterocycles. The highest BCUT2D eigenvalue weighted by Gasteiger charge is 2.31. The molecule has 0 aromatic heterocycles. The summed E-state index contributed by atoms with van der Waals surface area (Å²) in [7, 11) is -3.93. The van der Waals surface area contributed by atoms with Gasteiger partial charge in [0.15, 0.2) is 0 Å². The lowest BCUT2D eigenvalue weighted by Gasteiger charge is -2.10. The van der Waals surface area contributed by atoms with Crippen LogP contribution in [0, 0.1) is 0 Å². The van der Waals surface area contributed by atoms with Crippen LogP contribution in [-0.2, 0) is 21.1 Å². The first-order valence-electron chi connectivity index (χ1n) is 8.57. The molecule has 0 aliphatic rings. The van der Waals surface area contributed by atoms with E-state index in [-0.39, 0.29) is 22.0 Å². The number of ether oxygens (including phenoxy) is 1. The third kappa shape index (κ3) is 5.18. The topological polar surface area (TPSA) is 80.7 Å². The second kappa shape index (κ2) is 8.19. The molecule has 3 aromatic carbocycles. The Kier molecular flexibility index (Phi) is 5.84. The van der Waals surface area contributed by atoms with Crippen LogP contribution in [0.1, 0.15) is 5.56 Å². The molecule has 0 saturated heterocycles. The molecule has 9 heteroatoms. The van der Waals surface area contributed by atoms with Crippen molar-refractivity contribution in [1.29, 1.82) is 0 Å². The third-order valence-corrected chi connectivity index (χ3v) is 5.88. The number of aliphatic carboxylic acids is 1. The number of carboxylic acids is 1. The number of hydrogen-bond acceptors (Lipinski definition) is 4. The Morgan fingerprint density at radius 2 is 1.47 bits per heavy atom. The highest BCUT2D eigenvalue weighted by molar-refractivity contribution is 7.91. The molecule has 30 heavy (non-hydrogen) atoms. The van der Waals surface area contributed by atoms with Crippen LogP contribution < -0.4 is 4.74 Å². The largest absolute Gasteiger partial charge is 0.573 e. The van der Waals surface area contributed by atoms with Crippen LogP contribution in [0.3, 0.4) is 0 Å². The molecule has 3 aromatic rings. The molecule has 0 fully saturated rings. The number of hydrogen-bond donors (Lipinski definition) is 1. The van der Waals surface area contributed by atoms with Crippen LogP contribution in [0.2, 0.25) is 0 Å². The lowest BCUT2D eigenvalue weighted by atomic mass is 10.1. The summed E-state index contributed by atoms with van der Waals surface area (Å²) >= 11 is 0. The average molecular weight is 436 g/mol. The Bertz CT molecular complexity index is 1170. The van der Waals surface area contributed by atoms with Gasteiger partial charge in [-0.05, 0) is 53.1 Å². The zero-order valence-electron chi connectivity index (χ0n) is 15.3. The SMILES string of the molecule is O=C(O)Cc1cccc(S(=O)(=O)c2cccc(-c3ccc(OC(F)(F)F)cc3)c2)c1. The van der Waals surface area contributed by atoms with E-state index >= 15 is 0 Å². The van der Waals surface area contributed by atoms with Gasteiger partial charge in [0.05, 0.1) is 16.2 Å². The molecule has 0 heterocycles. The van der Waals surface area contributed by atoms with Crippen LogP contribution in [0.25, 0.3) is 11.1 Å². The monoisotopic (exact) mass is 436 g/mol. The molecule has 156 valence electrons. The van der Waals surface area contributed by atoms with E-state index < -0.39 is 22.2 Å². The first-order chi connectivity index (χ1) is 14.0. The highest BCUT2D eigenvalue weighted by atomic mass is 32.2. The second-order valence-electron chi connectivity index (χ2n) is 6.32. The average Bonchev–Trinajstić information content (AvgIpc) is 2.67. The normalized spacial score (nSPS) is 11.8. The van der Waals surface area contributed by atoms with Gasteiger partial charge in [0.1, 0.15) is 5.75 Å². The quantitative estimate of drug-likeness (QED) is 0.605. The summed E-state index contributed by atoms with van der Waals surface area (Å²) in [5.41, 5.74) is 1.33. The number of rotatable bonds is 6. The van der Waals surface area contributed by atoms with Crippen molar-refractivity contribution < 1.29 is 36.2 Å². The van der Waals surface area contributed by atoms with Gasteiger partial charge in [0.2, 0.25) is 9.84 Å². The summed E-state index contributed by atoms with van der Waals surface area (Å²) in [6.45, 7) is 0. The summed E-state index contributed by atoms with van der Waals surface area (Å²) < 4.78 is 66.6. The molecule has 0 unspecified atom stereocenters. The van der Waals surface area contributed by atoms with Crippen molar-refractivity contribution in [2.24, 2.45) is 0 Å². The van der Waals surface area contributed by atoms with E-state index in [0.717, 1.165) is 12.1 Å². The van der Waals surface area contributed by atoms with Crippen molar-refractivity contribution >= 4 is 15.8 Å². The van der Waals surface area contributed by atoms with Crippen molar-refractivity contribution in [3.8, 4) is 16.9 Å². The summed E-state index contributed by atoms with van der Waals surface area (Å²) in [5, 5.41) is 8.90. The van der Waals surface area contributed by atoms with E-state index in [1.165, 1.54) is 54.6 Å². The van der Waals surface area contributed by atoms with Gasteiger partial charge >= 0.3 is 12.3 Å². The second-order valence-corrected chi connectivity index (χ2v) is 8.27. The Morgan fingerprint density at radius 1 is 0.867 bits per heavy atom. The van der Waals surface area contributed by atoms with Gasteiger partial charge in [-0.15, -0.1) is 13.2 Å². The fraction of sp³-hybridized carbons (Fsp3) is 0.0952. The van der Waals surface area contributed by atoms with Gasteiger partial charge < -0.3 is 9.84 Å². The first-order valence-corrected chi connectivity index (χ1v) is 10.0. The fourth-order valence-electron chi connectivity index (χ4n) is 2.83. The minimum absolute atomic E-state index is 0.0249. The summed E-state index contributed by atoms with van der Waals surface area (Å²) in [6, 6.07) is 16.7. The highest BCUT2D eigenvalue weighted by Crippen LogP contribution is 2.29. The van der Waals surface area contributed by atoms with Gasteiger partial charge in [-0.3, -0.25) is 4.79 Å². The number of carbonyl (C=O) groups is 1. The van der Waals surface area contributed by atoms with Gasteiger partial charge in [-0.1, -0.05) is 36.4 Å². The van der Waals surface area contributed by atoms with Gasteiger partial charge in [-0.2, -0.15) is 0 Å². The molecule has 3 rings (SSSR count). The van der Waals surface area contributed by atoms with Gasteiger partial charge in [0.25, 0.3) is 0 Å². The van der Waals surface area contributed by atoms with E-state index in [1.807, 2.05) is 0 Å². The molecule has 5 nitrogen and oxygen atoms in total. The van der Waals surface area contributed by atoms with E-state index in [2.05, 4.69) is 4.74 Å². The smallest absolute Gasteiger partial charge is 0.481 e. The Hall–Kier alpha value is -3.33. The van der Waals surface area contributed by atoms with E-state index in [9.17, 15) is 26.4 Å². The van der Waals surface area contributed by atoms with Crippen molar-refractivity contribution in [3.63, 3.8) is 0 Å². The lowest BCUT2D eigenvalue weighted by molar-refractivity contribution is -0.274. The van der Waals surface area contributed by atoms with Crippen LogP contribution in [0.5, 0.6) is 5.75 Å². The predicted octanol–water partition coefficient (Wildman–Crippen LogP) is 4.71. The first kappa shape index (κ1) is 21.4. The Labute approximate surface area is 170 Å². The maximum Gasteiger partial charge on any atom is 0.573 e. The van der Waals surface area contributed by atoms with Crippen LogP contribution in [0.4, 0.5) is 13.2 Å². The summed E-state index contributed by atoms with van der Waals surface area (Å²) in [5.74, 6) is -1.46. The van der Waals surface area contributed by atoms with Crippen molar-refractivity contribution in [2.45, 2.75) is 22.6 Å². The number of halogens is 3. The van der Waals surface area contributed by atoms with Gasteiger partial charge in [0, 0.05) is 0 Å². The third-order valence-electron chi connectivity index (χ3n) is 4.13. The molecule has 0 amide bonds. The molecule has 0 aliphatic carbocycles. The van der Waals surface area contributed by atoms with Crippen LogP contribution >= 0.6 is 0 Å². The predicted molar refractivity (Wildman–Crippen MR) is 102 cm³/mol. The van der Waals surface area contributed by atoms with Crippen molar-refractivity contribution in [1.82, 2.24) is 0 Å². The van der Waals surface area contributed by atoms with E-state index in [1.54, 1.807) is 6.07 Å². The van der Waals surface area contributed by atoms with Crippen LogP contribution in [-0.4, -0.2) is 25.9 Å². The fourth-order valence-corrected chi connectivity index (χ4v) is 4.20. The number of benzene rings is 3. The maximum absolute atomic E-state index is 13.0. The molecule has 0 atom stereocenters. The molecular formula is C21H15F3O5S. The molecule has 0 saturated carbocycles. The lowest BCUT2D eigenvalue weighted by Crippen LogP contribution is -2.16. The Balaban J connectivity index is 1.92. The zero-order valence-corrected chi connectivity index (χ0v) is 16.1. The number of alkyl halides is 3. The minimum atomic E-state index is -4.80. The summed E-state index contributed by atoms with van der Waals surface area (Å²) in [4.78, 5) is 10.8. The molecule has 0 bridgehead atoms. The van der Waals surface area contributed by atoms with E-state index in [0.29, 0.717) is 16.7 Å². The number of sulfone groups is 1. The standard InChI is InChI=1S/C21H15F3O5S/c22-21(23,24)29-17-9-7-15(8-10-17)16-4-2-6-19(13-16)30(27,28)18-5-1-3-14(11-18)12-20(25)26/h1-11,13H,12H2,(H,25,26).